The van der Waals surface area contributed by atoms with Crippen LogP contribution in [-0.2, 0) is 6.54 Å². The van der Waals surface area contributed by atoms with Crippen molar-refractivity contribution in [1.29, 1.82) is 0 Å². The van der Waals surface area contributed by atoms with Crippen LogP contribution in [0.15, 0.2) is 24.3 Å². The fraction of sp³-hybridized carbons (Fsp3) is 0.467. The van der Waals surface area contributed by atoms with Gasteiger partial charge >= 0.3 is 6.03 Å². The van der Waals surface area contributed by atoms with Gasteiger partial charge in [-0.25, -0.2) is 4.79 Å². The number of nitrogens with one attached hydrogen (secondary N) is 2. The van der Waals surface area contributed by atoms with Crippen molar-refractivity contribution in [1.82, 2.24) is 10.6 Å². The average molecular weight is 291 g/mol. The molecule has 1 aliphatic carbocycles. The van der Waals surface area contributed by atoms with Crippen molar-refractivity contribution in [3.05, 3.63) is 35.4 Å². The van der Waals surface area contributed by atoms with E-state index in [1.807, 2.05) is 0 Å². The number of nitrogens with two attached hydrogens (primary N) is 1. The second-order valence-corrected chi connectivity index (χ2v) is 5.39. The third kappa shape index (κ3) is 4.75. The monoisotopic (exact) mass is 291 g/mol. The van der Waals surface area contributed by atoms with Gasteiger partial charge in [-0.05, 0) is 43.4 Å². The first kappa shape index (κ1) is 15.3. The number of hydrogen-bond donors (Lipinski definition) is 4. The molecule has 0 spiro atoms. The highest BCUT2D eigenvalue weighted by Crippen LogP contribution is 2.18. The summed E-state index contributed by atoms with van der Waals surface area (Å²) in [6, 6.07) is 6.59. The summed E-state index contributed by atoms with van der Waals surface area (Å²) in [6.45, 7) is 0.345. The molecule has 1 aliphatic rings. The molecule has 1 aromatic rings. The number of benzene rings is 1. The van der Waals surface area contributed by atoms with E-state index in [4.69, 9.17) is 5.73 Å². The van der Waals surface area contributed by atoms with Crippen LogP contribution in [0.1, 0.15) is 41.6 Å². The molecule has 1 saturated carbocycles. The van der Waals surface area contributed by atoms with Gasteiger partial charge in [-0.2, -0.15) is 0 Å². The van der Waals surface area contributed by atoms with E-state index in [0.29, 0.717) is 12.1 Å². The molecule has 0 radical (unpaired) electrons. The van der Waals surface area contributed by atoms with Crippen LogP contribution in [0.4, 0.5) is 4.79 Å². The Kier molecular flexibility index (Phi) is 5.16. The lowest BCUT2D eigenvalue weighted by molar-refractivity contribution is 0.0867. The van der Waals surface area contributed by atoms with Gasteiger partial charge in [0, 0.05) is 18.2 Å². The molecule has 0 heterocycles. The van der Waals surface area contributed by atoms with Crippen molar-refractivity contribution < 1.29 is 14.7 Å². The first-order chi connectivity index (χ1) is 10.0. The van der Waals surface area contributed by atoms with Crippen molar-refractivity contribution in [2.45, 2.75) is 44.4 Å². The zero-order valence-electron chi connectivity index (χ0n) is 11.8. The molecule has 0 unspecified atom stereocenters. The Bertz CT molecular complexity index is 493. The number of rotatable bonds is 4. The van der Waals surface area contributed by atoms with Crippen LogP contribution in [0.3, 0.4) is 0 Å². The molecule has 5 N–H and O–H groups in total. The summed E-state index contributed by atoms with van der Waals surface area (Å²) >= 11 is 0. The highest BCUT2D eigenvalue weighted by molar-refractivity contribution is 5.94. The molecular weight excluding hydrogens is 270 g/mol. The standard InChI is InChI=1S/C15H21N3O3/c16-15(21)17-9-10-1-3-11(4-2-10)14(20)18-12-5-7-13(19)8-6-12/h1-4,12-13,19H,5-9H2,(H,18,20)(H3,16,17,21). The lowest BCUT2D eigenvalue weighted by atomic mass is 9.93. The Morgan fingerprint density at radius 2 is 1.76 bits per heavy atom. The topological polar surface area (TPSA) is 104 Å². The van der Waals surface area contributed by atoms with E-state index < -0.39 is 6.03 Å². The van der Waals surface area contributed by atoms with Crippen LogP contribution in [0.5, 0.6) is 0 Å². The predicted molar refractivity (Wildman–Crippen MR) is 78.6 cm³/mol. The van der Waals surface area contributed by atoms with Gasteiger partial charge in [-0.3, -0.25) is 4.79 Å². The molecular formula is C15H21N3O3. The van der Waals surface area contributed by atoms with E-state index in [2.05, 4.69) is 10.6 Å². The highest BCUT2D eigenvalue weighted by Gasteiger charge is 2.21. The van der Waals surface area contributed by atoms with E-state index in [1.54, 1.807) is 24.3 Å². The summed E-state index contributed by atoms with van der Waals surface area (Å²) < 4.78 is 0. The Hall–Kier alpha value is -2.08. The average Bonchev–Trinajstić information content (AvgIpc) is 2.48. The fourth-order valence-corrected chi connectivity index (χ4v) is 2.45. The molecule has 1 aromatic carbocycles. The van der Waals surface area contributed by atoms with E-state index in [0.717, 1.165) is 31.2 Å². The van der Waals surface area contributed by atoms with E-state index in [-0.39, 0.29) is 18.1 Å². The van der Waals surface area contributed by atoms with Crippen LogP contribution in [0.25, 0.3) is 0 Å². The lowest BCUT2D eigenvalue weighted by Crippen LogP contribution is -2.38. The van der Waals surface area contributed by atoms with E-state index in [1.165, 1.54) is 0 Å². The minimum Gasteiger partial charge on any atom is -0.393 e. The minimum absolute atomic E-state index is 0.106. The number of carbonyl (C=O) groups is 2. The van der Waals surface area contributed by atoms with Crippen LogP contribution >= 0.6 is 0 Å². The minimum atomic E-state index is -0.573. The Morgan fingerprint density at radius 1 is 1.14 bits per heavy atom. The number of hydrogen-bond acceptors (Lipinski definition) is 3. The molecule has 0 atom stereocenters. The summed E-state index contributed by atoms with van der Waals surface area (Å²) in [5, 5.41) is 14.9. The largest absolute Gasteiger partial charge is 0.393 e. The van der Waals surface area contributed by atoms with Crippen molar-refractivity contribution in [2.75, 3.05) is 0 Å². The third-order valence-corrected chi connectivity index (χ3v) is 3.71. The van der Waals surface area contributed by atoms with Gasteiger partial charge in [0.1, 0.15) is 0 Å². The van der Waals surface area contributed by atoms with Crippen molar-refractivity contribution >= 4 is 11.9 Å². The maximum atomic E-state index is 12.1. The van der Waals surface area contributed by atoms with Gasteiger partial charge in [-0.1, -0.05) is 12.1 Å². The maximum absolute atomic E-state index is 12.1. The van der Waals surface area contributed by atoms with Crippen LogP contribution < -0.4 is 16.4 Å². The third-order valence-electron chi connectivity index (χ3n) is 3.71. The first-order valence-corrected chi connectivity index (χ1v) is 7.16. The normalized spacial score (nSPS) is 21.6. The van der Waals surface area contributed by atoms with Crippen LogP contribution in [-0.4, -0.2) is 29.2 Å². The van der Waals surface area contributed by atoms with Gasteiger partial charge in [0.25, 0.3) is 5.91 Å². The second kappa shape index (κ2) is 7.08. The van der Waals surface area contributed by atoms with Crippen molar-refractivity contribution in [3.63, 3.8) is 0 Å². The number of aliphatic hydroxyl groups is 1. The zero-order valence-corrected chi connectivity index (χ0v) is 11.8. The maximum Gasteiger partial charge on any atom is 0.312 e. The van der Waals surface area contributed by atoms with Gasteiger partial charge in [-0.15, -0.1) is 0 Å². The summed E-state index contributed by atoms with van der Waals surface area (Å²) in [5.41, 5.74) is 6.47. The Balaban J connectivity index is 1.86. The second-order valence-electron chi connectivity index (χ2n) is 5.39. The van der Waals surface area contributed by atoms with Crippen LogP contribution in [0.2, 0.25) is 0 Å². The number of aliphatic hydroxyl groups excluding tert-OH is 1. The molecule has 0 aliphatic heterocycles. The van der Waals surface area contributed by atoms with Gasteiger partial charge in [0.05, 0.1) is 6.10 Å². The molecule has 0 aromatic heterocycles. The molecule has 114 valence electrons. The SMILES string of the molecule is NC(=O)NCc1ccc(C(=O)NC2CCC(O)CC2)cc1. The van der Waals surface area contributed by atoms with Crippen molar-refractivity contribution in [3.8, 4) is 0 Å². The number of amides is 3. The molecule has 2 rings (SSSR count). The lowest BCUT2D eigenvalue weighted by Gasteiger charge is -2.26. The summed E-state index contributed by atoms with van der Waals surface area (Å²) in [6.07, 6.45) is 2.88. The predicted octanol–water partition coefficient (Wildman–Crippen LogP) is 0.888. The zero-order chi connectivity index (χ0) is 15.2. The number of urea groups is 1. The molecule has 6 nitrogen and oxygen atoms in total. The molecule has 21 heavy (non-hydrogen) atoms. The number of carbonyl (C=O) groups excluding carboxylic acids is 2. The van der Waals surface area contributed by atoms with E-state index >= 15 is 0 Å². The molecule has 0 saturated heterocycles. The van der Waals surface area contributed by atoms with Gasteiger partial charge < -0.3 is 21.5 Å². The quantitative estimate of drug-likeness (QED) is 0.662. The Labute approximate surface area is 123 Å². The van der Waals surface area contributed by atoms with E-state index in [9.17, 15) is 14.7 Å². The fourth-order valence-electron chi connectivity index (χ4n) is 2.45. The van der Waals surface area contributed by atoms with Gasteiger partial charge in [0.15, 0.2) is 0 Å². The van der Waals surface area contributed by atoms with Crippen LogP contribution in [0, 0.1) is 0 Å². The molecule has 6 heteroatoms. The molecule has 0 bridgehead atoms. The summed E-state index contributed by atoms with van der Waals surface area (Å²) in [4.78, 5) is 22.7. The van der Waals surface area contributed by atoms with Crippen molar-refractivity contribution in [2.24, 2.45) is 5.73 Å². The first-order valence-electron chi connectivity index (χ1n) is 7.16. The number of primary amides is 1. The summed E-state index contributed by atoms with van der Waals surface area (Å²) in [7, 11) is 0. The molecule has 1 fully saturated rings. The summed E-state index contributed by atoms with van der Waals surface area (Å²) in [5.74, 6) is -0.106. The smallest absolute Gasteiger partial charge is 0.312 e. The molecule has 3 amide bonds. The highest BCUT2D eigenvalue weighted by atomic mass is 16.3. The Morgan fingerprint density at radius 3 is 2.33 bits per heavy atom. The van der Waals surface area contributed by atoms with Gasteiger partial charge in [0.2, 0.25) is 0 Å².